The summed E-state index contributed by atoms with van der Waals surface area (Å²) in [6.07, 6.45) is 36.0. The van der Waals surface area contributed by atoms with Gasteiger partial charge in [0.2, 0.25) is 0 Å². The molecule has 0 rings (SSSR count). The van der Waals surface area contributed by atoms with E-state index in [1.54, 1.807) is 0 Å². The average molecular weight is 687 g/mol. The highest BCUT2D eigenvalue weighted by Gasteiger charge is 2.18. The largest absolute Gasteiger partial charge is 0.790 e. The van der Waals surface area contributed by atoms with E-state index < -0.39 is 32.5 Å². The Morgan fingerprint density at radius 1 is 0.532 bits per heavy atom. The second-order valence-corrected chi connectivity index (χ2v) is 14.4. The summed E-state index contributed by atoms with van der Waals surface area (Å²) in [6.45, 7) is 3.49. The van der Waals surface area contributed by atoms with Crippen LogP contribution < -0.4 is 9.79 Å². The molecule has 0 bridgehead atoms. The Bertz CT molecular complexity index is 782. The summed E-state index contributed by atoms with van der Waals surface area (Å²) in [4.78, 5) is 46.4. The topological polar surface area (TPSA) is 125 Å². The molecule has 0 fully saturated rings. The quantitative estimate of drug-likeness (QED) is 0.0276. The molecule has 0 heterocycles. The Labute approximate surface area is 288 Å². The van der Waals surface area contributed by atoms with Gasteiger partial charge in [-0.15, -0.1) is 0 Å². The van der Waals surface area contributed by atoms with Gasteiger partial charge in [-0.3, -0.25) is 9.59 Å². The van der Waals surface area contributed by atoms with Crippen LogP contribution in [0.15, 0.2) is 12.2 Å². The second-order valence-electron chi connectivity index (χ2n) is 13.2. The highest BCUT2D eigenvalue weighted by molar-refractivity contribution is 7.43. The first-order chi connectivity index (χ1) is 22.8. The summed E-state index contributed by atoms with van der Waals surface area (Å²) in [5.41, 5.74) is 0. The minimum absolute atomic E-state index is 0.175. The van der Waals surface area contributed by atoms with Crippen molar-refractivity contribution in [1.29, 1.82) is 0 Å². The molecule has 0 unspecified atom stereocenters. The molecule has 0 saturated heterocycles. The molecule has 0 aliphatic carbocycles. The summed E-state index contributed by atoms with van der Waals surface area (Å²) < 4.78 is 25.8. The van der Waals surface area contributed by atoms with Gasteiger partial charge in [-0.2, -0.15) is 0 Å². The molecule has 0 aromatic heterocycles. The molecule has 278 valence electrons. The molecule has 0 aliphatic heterocycles. The molecule has 0 aliphatic rings. The number of allylic oxidation sites excluding steroid dienone is 2. The van der Waals surface area contributed by atoms with Crippen LogP contribution >= 0.6 is 7.82 Å². The predicted molar refractivity (Wildman–Crippen MR) is 189 cm³/mol. The third kappa shape index (κ3) is 37.5. The zero-order valence-electron chi connectivity index (χ0n) is 30.4. The summed E-state index contributed by atoms with van der Waals surface area (Å²) in [5.74, 6) is -0.958. The van der Waals surface area contributed by atoms with Crippen molar-refractivity contribution in [2.75, 3.05) is 13.2 Å². The third-order valence-electron chi connectivity index (χ3n) is 8.52. The Hall–Kier alpha value is -1.21. The summed E-state index contributed by atoms with van der Waals surface area (Å²) in [7, 11) is -5.25. The van der Waals surface area contributed by atoms with Crippen molar-refractivity contribution in [2.24, 2.45) is 0 Å². The van der Waals surface area contributed by atoms with Crippen LogP contribution in [-0.4, -0.2) is 31.3 Å². The fraction of sp³-hybridized carbons (Fsp3) is 0.895. The van der Waals surface area contributed by atoms with E-state index in [4.69, 9.17) is 9.47 Å². The van der Waals surface area contributed by atoms with Crippen LogP contribution in [0.4, 0.5) is 0 Å². The lowest BCUT2D eigenvalue weighted by molar-refractivity contribution is -0.343. The third-order valence-corrected chi connectivity index (χ3v) is 8.99. The Morgan fingerprint density at radius 3 is 1.30 bits per heavy atom. The number of hydrogen-bond donors (Lipinski definition) is 0. The fourth-order valence-electron chi connectivity index (χ4n) is 5.60. The number of carbonyl (C=O) groups is 2. The fourth-order valence-corrected chi connectivity index (χ4v) is 5.95. The number of carbonyl (C=O) groups excluding carboxylic acids is 2. The molecule has 8 nitrogen and oxygen atoms in total. The maximum absolute atomic E-state index is 12.3. The summed E-state index contributed by atoms with van der Waals surface area (Å²) >= 11 is 0. The van der Waals surface area contributed by atoms with Crippen molar-refractivity contribution in [3.8, 4) is 0 Å². The monoisotopic (exact) mass is 686 g/mol. The molecule has 47 heavy (non-hydrogen) atoms. The van der Waals surface area contributed by atoms with Gasteiger partial charge in [-0.25, -0.2) is 0 Å². The van der Waals surface area contributed by atoms with Gasteiger partial charge >= 0.3 is 11.9 Å². The van der Waals surface area contributed by atoms with Crippen molar-refractivity contribution in [3.63, 3.8) is 0 Å². The standard InChI is InChI=1S/C38H73O8P/c1-3-5-7-9-11-13-15-17-19-21-23-25-27-29-31-33-38(40)46-36(35-45-47(41,42)43)34-44-37(39)32-30-28-26-24-22-20-18-16-14-12-10-8-6-4-2/h17,19,36H,3-16,18,20-35H2,1-2H3,(H2,41,42,43)/p-2/b19-17-/t36-/m1/s1. The lowest BCUT2D eigenvalue weighted by Gasteiger charge is -2.30. The number of phosphoric acid groups is 1. The van der Waals surface area contributed by atoms with Crippen LogP contribution in [-0.2, 0) is 28.2 Å². The molecule has 0 aromatic carbocycles. The van der Waals surface area contributed by atoms with E-state index in [0.717, 1.165) is 44.9 Å². The number of unbranched alkanes of at least 4 members (excludes halogenated alkanes) is 24. The van der Waals surface area contributed by atoms with E-state index in [1.165, 1.54) is 116 Å². The van der Waals surface area contributed by atoms with Crippen LogP contribution in [0, 0.1) is 0 Å². The van der Waals surface area contributed by atoms with Gasteiger partial charge in [0.15, 0.2) is 6.10 Å². The van der Waals surface area contributed by atoms with E-state index in [-0.39, 0.29) is 19.4 Å². The van der Waals surface area contributed by atoms with Gasteiger partial charge in [0.05, 0.1) is 14.4 Å². The van der Waals surface area contributed by atoms with E-state index in [0.29, 0.717) is 12.8 Å². The van der Waals surface area contributed by atoms with Gasteiger partial charge in [-0.05, 0) is 38.5 Å². The Balaban J connectivity index is 3.94. The van der Waals surface area contributed by atoms with Gasteiger partial charge in [0, 0.05) is 12.8 Å². The van der Waals surface area contributed by atoms with Gasteiger partial charge in [-0.1, -0.05) is 161 Å². The van der Waals surface area contributed by atoms with Crippen molar-refractivity contribution in [2.45, 2.75) is 206 Å². The molecule has 1 atom stereocenters. The van der Waals surface area contributed by atoms with Crippen molar-refractivity contribution < 1.29 is 37.9 Å². The molecule has 0 aromatic rings. The lowest BCUT2D eigenvalue weighted by Crippen LogP contribution is -2.31. The molecule has 0 spiro atoms. The molecule has 9 heteroatoms. The molecule has 0 N–H and O–H groups in total. The highest BCUT2D eigenvalue weighted by Crippen LogP contribution is 2.25. The first-order valence-electron chi connectivity index (χ1n) is 19.4. The number of ether oxygens (including phenoxy) is 2. The summed E-state index contributed by atoms with van der Waals surface area (Å²) in [5, 5.41) is 0. The summed E-state index contributed by atoms with van der Waals surface area (Å²) in [6, 6.07) is 0. The number of rotatable bonds is 36. The van der Waals surface area contributed by atoms with E-state index in [1.807, 2.05) is 0 Å². The van der Waals surface area contributed by atoms with Crippen molar-refractivity contribution >= 4 is 19.8 Å². The van der Waals surface area contributed by atoms with E-state index in [9.17, 15) is 23.9 Å². The van der Waals surface area contributed by atoms with Crippen LogP contribution in [0.2, 0.25) is 0 Å². The predicted octanol–water partition coefficient (Wildman–Crippen LogP) is 10.2. The van der Waals surface area contributed by atoms with Crippen LogP contribution in [0.1, 0.15) is 200 Å². The first-order valence-corrected chi connectivity index (χ1v) is 20.9. The van der Waals surface area contributed by atoms with Gasteiger partial charge in [0.25, 0.3) is 0 Å². The molecule has 0 amide bonds. The smallest absolute Gasteiger partial charge is 0.306 e. The molecule has 0 radical (unpaired) electrons. The van der Waals surface area contributed by atoms with Gasteiger partial charge < -0.3 is 28.3 Å². The first kappa shape index (κ1) is 45.8. The van der Waals surface area contributed by atoms with E-state index >= 15 is 0 Å². The Morgan fingerprint density at radius 2 is 0.894 bits per heavy atom. The van der Waals surface area contributed by atoms with Gasteiger partial charge in [0.1, 0.15) is 6.61 Å². The molecule has 0 saturated carbocycles. The minimum Gasteiger partial charge on any atom is -0.790 e. The lowest BCUT2D eigenvalue weighted by atomic mass is 10.0. The highest BCUT2D eigenvalue weighted by atomic mass is 31.2. The number of phosphoric ester groups is 1. The van der Waals surface area contributed by atoms with Crippen LogP contribution in [0.3, 0.4) is 0 Å². The Kier molecular flexibility index (Phi) is 33.8. The zero-order chi connectivity index (χ0) is 34.7. The zero-order valence-corrected chi connectivity index (χ0v) is 31.3. The van der Waals surface area contributed by atoms with E-state index in [2.05, 4.69) is 30.5 Å². The second kappa shape index (κ2) is 34.6. The number of esters is 2. The molecular formula is C38H71O8P-2. The molecular weight excluding hydrogens is 615 g/mol. The van der Waals surface area contributed by atoms with Crippen LogP contribution in [0.25, 0.3) is 0 Å². The minimum atomic E-state index is -5.25. The van der Waals surface area contributed by atoms with Crippen molar-refractivity contribution in [3.05, 3.63) is 12.2 Å². The maximum Gasteiger partial charge on any atom is 0.306 e. The van der Waals surface area contributed by atoms with Crippen molar-refractivity contribution in [1.82, 2.24) is 0 Å². The maximum atomic E-state index is 12.3. The van der Waals surface area contributed by atoms with Crippen LogP contribution in [0.5, 0.6) is 0 Å². The number of hydrogen-bond acceptors (Lipinski definition) is 8. The average Bonchev–Trinajstić information content (AvgIpc) is 3.03. The SMILES string of the molecule is CCCCCCCC/C=C\CCCCCCCC(=O)O[C@H](COC(=O)CCCCCCCCCCCCCCCC)COP(=O)([O-])[O-]. The normalized spacial score (nSPS) is 12.5.